The summed E-state index contributed by atoms with van der Waals surface area (Å²) < 4.78 is 27.1. The first-order valence-corrected chi connectivity index (χ1v) is 12.0. The number of carbonyl (C=O) groups excluding carboxylic acids is 2. The van der Waals surface area contributed by atoms with Gasteiger partial charge in [-0.2, -0.15) is 0 Å². The van der Waals surface area contributed by atoms with E-state index in [9.17, 15) is 9.59 Å². The Kier molecular flexibility index (Phi) is 9.95. The minimum absolute atomic E-state index is 0.255. The predicted octanol–water partition coefficient (Wildman–Crippen LogP) is 4.95. The van der Waals surface area contributed by atoms with Crippen LogP contribution in [0.1, 0.15) is 22.3 Å². The zero-order chi connectivity index (χ0) is 26.8. The van der Waals surface area contributed by atoms with Gasteiger partial charge in [0.05, 0.1) is 40.3 Å². The lowest BCUT2D eigenvalue weighted by Crippen LogP contribution is -2.34. The predicted molar refractivity (Wildman–Crippen MR) is 140 cm³/mol. The Labute approximate surface area is 218 Å². The second-order valence-corrected chi connectivity index (χ2v) is 8.73. The first kappa shape index (κ1) is 27.6. The molecule has 0 spiro atoms. The van der Waals surface area contributed by atoms with Crippen molar-refractivity contribution >= 4 is 11.9 Å². The molecule has 0 aromatic heterocycles. The van der Waals surface area contributed by atoms with Gasteiger partial charge >= 0.3 is 11.9 Å². The van der Waals surface area contributed by atoms with Gasteiger partial charge in [-0.1, -0.05) is 48.5 Å². The summed E-state index contributed by atoms with van der Waals surface area (Å²) in [5.74, 6) is -0.666. The quantitative estimate of drug-likeness (QED) is 0.321. The molecule has 0 aliphatic rings. The summed E-state index contributed by atoms with van der Waals surface area (Å²) in [5.41, 5.74) is 3.67. The van der Waals surface area contributed by atoms with Gasteiger partial charge in [-0.05, 0) is 60.2 Å². The molecule has 0 fully saturated rings. The van der Waals surface area contributed by atoms with Crippen molar-refractivity contribution in [3.05, 3.63) is 89.0 Å². The van der Waals surface area contributed by atoms with Gasteiger partial charge in [-0.15, -0.1) is 0 Å². The normalized spacial score (nSPS) is 12.2. The Morgan fingerprint density at radius 2 is 1.19 bits per heavy atom. The fraction of sp³-hybridized carbons (Fsp3) is 0.333. The molecule has 3 aromatic carbocycles. The van der Waals surface area contributed by atoms with E-state index in [-0.39, 0.29) is 6.42 Å². The van der Waals surface area contributed by atoms with E-state index >= 15 is 0 Å². The van der Waals surface area contributed by atoms with Gasteiger partial charge in [-0.25, -0.2) is 0 Å². The second kappa shape index (κ2) is 13.3. The Balaban J connectivity index is 1.86. The molecule has 0 saturated heterocycles. The zero-order valence-electron chi connectivity index (χ0n) is 22.0. The standard InChI is InChI=1S/C30H34O7/c1-20-11-12-22(17-27(20)33-2)15-24(29(31)35-4)25(30(32)36-5)16-23-13-14-26(28(18-23)34-3)37-19-21-9-7-6-8-10-21/h6-14,17-18,24-25H,15-16,19H2,1-5H3/t24-,25-/m1/s1. The molecule has 0 saturated carbocycles. The minimum Gasteiger partial charge on any atom is -0.496 e. The number of aryl methyl sites for hydroxylation is 1. The fourth-order valence-electron chi connectivity index (χ4n) is 4.28. The van der Waals surface area contributed by atoms with E-state index in [4.69, 9.17) is 23.7 Å². The van der Waals surface area contributed by atoms with E-state index in [0.29, 0.717) is 30.3 Å². The van der Waals surface area contributed by atoms with Crippen LogP contribution in [0.3, 0.4) is 0 Å². The van der Waals surface area contributed by atoms with Crippen LogP contribution in [-0.2, 0) is 38.5 Å². The lowest BCUT2D eigenvalue weighted by molar-refractivity contribution is -0.157. The molecule has 7 nitrogen and oxygen atoms in total. The molecular formula is C30H34O7. The van der Waals surface area contributed by atoms with Crippen LogP contribution in [0, 0.1) is 18.8 Å². The van der Waals surface area contributed by atoms with Crippen molar-refractivity contribution in [2.45, 2.75) is 26.4 Å². The number of benzene rings is 3. The van der Waals surface area contributed by atoms with Crippen LogP contribution < -0.4 is 14.2 Å². The Morgan fingerprint density at radius 3 is 1.73 bits per heavy atom. The molecule has 2 atom stereocenters. The highest BCUT2D eigenvalue weighted by Crippen LogP contribution is 2.32. The smallest absolute Gasteiger partial charge is 0.309 e. The molecule has 7 heteroatoms. The Morgan fingerprint density at radius 1 is 0.649 bits per heavy atom. The summed E-state index contributed by atoms with van der Waals surface area (Å²) in [6.45, 7) is 2.34. The molecule has 0 aliphatic carbocycles. The van der Waals surface area contributed by atoms with Crippen molar-refractivity contribution < 1.29 is 33.3 Å². The SMILES string of the molecule is COC(=O)[C@H](Cc1ccc(C)c(OC)c1)[C@@H](Cc1ccc(OCc2ccccc2)c(OC)c1)C(=O)OC. The largest absolute Gasteiger partial charge is 0.496 e. The lowest BCUT2D eigenvalue weighted by atomic mass is 9.82. The summed E-state index contributed by atoms with van der Waals surface area (Å²) in [5, 5.41) is 0. The van der Waals surface area contributed by atoms with Crippen LogP contribution >= 0.6 is 0 Å². The highest BCUT2D eigenvalue weighted by atomic mass is 16.5. The summed E-state index contributed by atoms with van der Waals surface area (Å²) >= 11 is 0. The van der Waals surface area contributed by atoms with E-state index in [2.05, 4.69) is 0 Å². The summed E-state index contributed by atoms with van der Waals surface area (Å²) in [6.07, 6.45) is 0.545. The van der Waals surface area contributed by atoms with Crippen molar-refractivity contribution in [2.75, 3.05) is 28.4 Å². The van der Waals surface area contributed by atoms with Crippen molar-refractivity contribution in [3.63, 3.8) is 0 Å². The molecule has 0 bridgehead atoms. The molecule has 3 aromatic rings. The maximum Gasteiger partial charge on any atom is 0.309 e. The third-order valence-electron chi connectivity index (χ3n) is 6.34. The zero-order valence-corrected chi connectivity index (χ0v) is 22.0. The highest BCUT2D eigenvalue weighted by molar-refractivity contribution is 5.82. The fourth-order valence-corrected chi connectivity index (χ4v) is 4.28. The van der Waals surface area contributed by atoms with Crippen LogP contribution in [0.25, 0.3) is 0 Å². The maximum atomic E-state index is 12.9. The molecule has 0 amide bonds. The van der Waals surface area contributed by atoms with Gasteiger partial charge in [0.15, 0.2) is 11.5 Å². The topological polar surface area (TPSA) is 80.3 Å². The summed E-state index contributed by atoms with van der Waals surface area (Å²) in [6, 6.07) is 21.0. The molecule has 0 N–H and O–H groups in total. The van der Waals surface area contributed by atoms with E-state index in [1.165, 1.54) is 14.2 Å². The van der Waals surface area contributed by atoms with Crippen LogP contribution in [0.2, 0.25) is 0 Å². The molecular weight excluding hydrogens is 472 g/mol. The van der Waals surface area contributed by atoms with E-state index < -0.39 is 23.8 Å². The Bertz CT molecular complexity index is 1190. The van der Waals surface area contributed by atoms with Crippen molar-refractivity contribution in [3.8, 4) is 17.2 Å². The minimum atomic E-state index is -0.773. The molecule has 0 heterocycles. The molecule has 0 unspecified atom stereocenters. The van der Waals surface area contributed by atoms with Gasteiger partial charge in [0, 0.05) is 0 Å². The van der Waals surface area contributed by atoms with E-state index in [0.717, 1.165) is 22.3 Å². The first-order chi connectivity index (χ1) is 17.9. The van der Waals surface area contributed by atoms with Gasteiger partial charge in [0.2, 0.25) is 0 Å². The van der Waals surface area contributed by atoms with Crippen molar-refractivity contribution in [1.29, 1.82) is 0 Å². The molecule has 37 heavy (non-hydrogen) atoms. The number of carbonyl (C=O) groups is 2. The number of esters is 2. The molecule has 0 radical (unpaired) electrons. The van der Waals surface area contributed by atoms with Crippen molar-refractivity contribution in [1.82, 2.24) is 0 Å². The Hall–Kier alpha value is -4.00. The van der Waals surface area contributed by atoms with Crippen LogP contribution in [0.5, 0.6) is 17.2 Å². The average molecular weight is 507 g/mol. The van der Waals surface area contributed by atoms with Crippen LogP contribution in [0.15, 0.2) is 66.7 Å². The number of methoxy groups -OCH3 is 4. The van der Waals surface area contributed by atoms with E-state index in [1.54, 1.807) is 14.2 Å². The van der Waals surface area contributed by atoms with Gasteiger partial charge in [-0.3, -0.25) is 9.59 Å². The van der Waals surface area contributed by atoms with Gasteiger partial charge in [0.25, 0.3) is 0 Å². The number of hydrogen-bond acceptors (Lipinski definition) is 7. The average Bonchev–Trinajstić information content (AvgIpc) is 2.94. The van der Waals surface area contributed by atoms with Crippen LogP contribution in [0.4, 0.5) is 0 Å². The highest BCUT2D eigenvalue weighted by Gasteiger charge is 2.36. The van der Waals surface area contributed by atoms with Crippen LogP contribution in [-0.4, -0.2) is 40.4 Å². The van der Waals surface area contributed by atoms with E-state index in [1.807, 2.05) is 73.7 Å². The van der Waals surface area contributed by atoms with Crippen molar-refractivity contribution in [2.24, 2.45) is 11.8 Å². The number of rotatable bonds is 12. The number of hydrogen-bond donors (Lipinski definition) is 0. The monoisotopic (exact) mass is 506 g/mol. The molecule has 0 aliphatic heterocycles. The number of ether oxygens (including phenoxy) is 5. The molecule has 196 valence electrons. The second-order valence-electron chi connectivity index (χ2n) is 8.73. The third-order valence-corrected chi connectivity index (χ3v) is 6.34. The summed E-state index contributed by atoms with van der Waals surface area (Å²) in [4.78, 5) is 25.8. The summed E-state index contributed by atoms with van der Waals surface area (Å²) in [7, 11) is 5.80. The third kappa shape index (κ3) is 7.26. The van der Waals surface area contributed by atoms with Gasteiger partial charge in [0.1, 0.15) is 12.4 Å². The lowest BCUT2D eigenvalue weighted by Gasteiger charge is -2.24. The molecule has 3 rings (SSSR count). The maximum absolute atomic E-state index is 12.9. The van der Waals surface area contributed by atoms with Gasteiger partial charge < -0.3 is 23.7 Å². The first-order valence-electron chi connectivity index (χ1n) is 12.0.